The summed E-state index contributed by atoms with van der Waals surface area (Å²) in [6.45, 7) is 0. The van der Waals surface area contributed by atoms with Crippen molar-refractivity contribution in [2.45, 2.75) is 38.1 Å². The number of carbonyl (C=O) groups is 2. The van der Waals surface area contributed by atoms with Crippen molar-refractivity contribution in [2.75, 3.05) is 12.4 Å². The minimum absolute atomic E-state index is 0.151. The third-order valence-electron chi connectivity index (χ3n) is 3.82. The highest BCUT2D eigenvalue weighted by molar-refractivity contribution is 6.42. The van der Waals surface area contributed by atoms with Gasteiger partial charge in [-0.15, -0.1) is 0 Å². The summed E-state index contributed by atoms with van der Waals surface area (Å²) < 4.78 is 0. The number of anilines is 1. The van der Waals surface area contributed by atoms with E-state index < -0.39 is 11.8 Å². The van der Waals surface area contributed by atoms with E-state index in [1.807, 2.05) is 0 Å². The molecule has 114 valence electrons. The zero-order valence-corrected chi connectivity index (χ0v) is 13.4. The van der Waals surface area contributed by atoms with Gasteiger partial charge in [-0.25, -0.2) is 0 Å². The lowest BCUT2D eigenvalue weighted by molar-refractivity contribution is -0.144. The van der Waals surface area contributed by atoms with Crippen LogP contribution in [-0.4, -0.2) is 29.8 Å². The SMILES string of the molecule is CN(C(=O)C(=O)Nc1ccc(Cl)cc1Cl)C1CCCCC1. The van der Waals surface area contributed by atoms with Crippen LogP contribution in [0.1, 0.15) is 32.1 Å². The number of nitrogens with zero attached hydrogens (tertiary/aromatic N) is 1. The molecule has 0 saturated heterocycles. The fourth-order valence-electron chi connectivity index (χ4n) is 2.56. The maximum atomic E-state index is 12.2. The second-order valence-electron chi connectivity index (χ2n) is 5.29. The van der Waals surface area contributed by atoms with Crippen LogP contribution in [0.25, 0.3) is 0 Å². The highest BCUT2D eigenvalue weighted by Crippen LogP contribution is 2.26. The Balaban J connectivity index is 2.00. The van der Waals surface area contributed by atoms with Crippen LogP contribution >= 0.6 is 23.2 Å². The lowest BCUT2D eigenvalue weighted by Gasteiger charge is -2.30. The van der Waals surface area contributed by atoms with Gasteiger partial charge in [-0.3, -0.25) is 9.59 Å². The van der Waals surface area contributed by atoms with E-state index in [0.29, 0.717) is 15.7 Å². The van der Waals surface area contributed by atoms with E-state index in [1.165, 1.54) is 17.4 Å². The van der Waals surface area contributed by atoms with Crippen LogP contribution in [0.2, 0.25) is 10.0 Å². The van der Waals surface area contributed by atoms with Crippen molar-refractivity contribution >= 4 is 40.7 Å². The van der Waals surface area contributed by atoms with E-state index in [0.717, 1.165) is 25.7 Å². The Kier molecular flexibility index (Phi) is 5.48. The number of halogens is 2. The minimum atomic E-state index is -0.674. The number of hydrogen-bond donors (Lipinski definition) is 1. The molecule has 0 aliphatic heterocycles. The number of carbonyl (C=O) groups excluding carboxylic acids is 2. The van der Waals surface area contributed by atoms with E-state index in [2.05, 4.69) is 5.32 Å². The Morgan fingerprint density at radius 3 is 2.48 bits per heavy atom. The van der Waals surface area contributed by atoms with Crippen molar-refractivity contribution in [3.63, 3.8) is 0 Å². The van der Waals surface area contributed by atoms with Crippen molar-refractivity contribution in [2.24, 2.45) is 0 Å². The zero-order valence-electron chi connectivity index (χ0n) is 11.9. The molecule has 1 aliphatic carbocycles. The van der Waals surface area contributed by atoms with Crippen LogP contribution in [0.5, 0.6) is 0 Å². The molecular formula is C15H18Cl2N2O2. The molecule has 0 heterocycles. The van der Waals surface area contributed by atoms with E-state index in [4.69, 9.17) is 23.2 Å². The predicted octanol–water partition coefficient (Wildman–Crippen LogP) is 3.72. The molecule has 1 fully saturated rings. The summed E-state index contributed by atoms with van der Waals surface area (Å²) in [6.07, 6.45) is 5.32. The first-order valence-corrected chi connectivity index (χ1v) is 7.78. The number of likely N-dealkylation sites (N-methyl/N-ethyl adjacent to an activating group) is 1. The van der Waals surface area contributed by atoms with Crippen LogP contribution in [0.4, 0.5) is 5.69 Å². The van der Waals surface area contributed by atoms with Crippen molar-refractivity contribution in [1.82, 2.24) is 4.90 Å². The third-order valence-corrected chi connectivity index (χ3v) is 4.36. The van der Waals surface area contributed by atoms with Crippen molar-refractivity contribution < 1.29 is 9.59 Å². The van der Waals surface area contributed by atoms with Crippen molar-refractivity contribution in [1.29, 1.82) is 0 Å². The van der Waals surface area contributed by atoms with Gasteiger partial charge in [-0.05, 0) is 31.0 Å². The van der Waals surface area contributed by atoms with Crippen LogP contribution in [0.15, 0.2) is 18.2 Å². The van der Waals surface area contributed by atoms with Gasteiger partial charge >= 0.3 is 11.8 Å². The maximum absolute atomic E-state index is 12.2. The van der Waals surface area contributed by atoms with E-state index in [9.17, 15) is 9.59 Å². The molecule has 0 unspecified atom stereocenters. The van der Waals surface area contributed by atoms with E-state index in [-0.39, 0.29) is 6.04 Å². The molecule has 1 aromatic rings. The fourth-order valence-corrected chi connectivity index (χ4v) is 3.02. The highest BCUT2D eigenvalue weighted by Gasteiger charge is 2.26. The molecule has 0 atom stereocenters. The molecule has 0 radical (unpaired) electrons. The highest BCUT2D eigenvalue weighted by atomic mass is 35.5. The van der Waals surface area contributed by atoms with Crippen molar-refractivity contribution in [3.8, 4) is 0 Å². The van der Waals surface area contributed by atoms with Gasteiger partial charge in [-0.2, -0.15) is 0 Å². The van der Waals surface area contributed by atoms with Gasteiger partial charge in [0.1, 0.15) is 0 Å². The van der Waals surface area contributed by atoms with Gasteiger partial charge in [-0.1, -0.05) is 42.5 Å². The number of hydrogen-bond acceptors (Lipinski definition) is 2. The minimum Gasteiger partial charge on any atom is -0.335 e. The molecule has 1 N–H and O–H groups in total. The Morgan fingerprint density at radius 2 is 1.86 bits per heavy atom. The summed E-state index contributed by atoms with van der Waals surface area (Å²) >= 11 is 11.8. The van der Waals surface area contributed by atoms with E-state index in [1.54, 1.807) is 19.2 Å². The van der Waals surface area contributed by atoms with Gasteiger partial charge in [0.05, 0.1) is 10.7 Å². The molecule has 6 heteroatoms. The molecule has 0 spiro atoms. The normalized spacial score (nSPS) is 15.6. The first-order chi connectivity index (χ1) is 9.99. The molecular weight excluding hydrogens is 311 g/mol. The first-order valence-electron chi connectivity index (χ1n) is 7.02. The first kappa shape index (κ1) is 16.1. The molecule has 21 heavy (non-hydrogen) atoms. The fraction of sp³-hybridized carbons (Fsp3) is 0.467. The second-order valence-corrected chi connectivity index (χ2v) is 6.13. The summed E-state index contributed by atoms with van der Waals surface area (Å²) in [5.74, 6) is -1.21. The number of benzene rings is 1. The summed E-state index contributed by atoms with van der Waals surface area (Å²) in [4.78, 5) is 25.7. The van der Waals surface area contributed by atoms with Gasteiger partial charge < -0.3 is 10.2 Å². The molecule has 0 bridgehead atoms. The second kappa shape index (κ2) is 7.14. The van der Waals surface area contributed by atoms with Gasteiger partial charge in [0.25, 0.3) is 0 Å². The lowest BCUT2D eigenvalue weighted by Crippen LogP contribution is -2.44. The average molecular weight is 329 g/mol. The Bertz CT molecular complexity index is 542. The summed E-state index contributed by atoms with van der Waals surface area (Å²) in [7, 11) is 1.68. The van der Waals surface area contributed by atoms with Crippen molar-refractivity contribution in [3.05, 3.63) is 28.2 Å². The largest absolute Gasteiger partial charge is 0.335 e. The maximum Gasteiger partial charge on any atom is 0.313 e. The number of amides is 2. The predicted molar refractivity (Wildman–Crippen MR) is 84.7 cm³/mol. The molecule has 4 nitrogen and oxygen atoms in total. The van der Waals surface area contributed by atoms with Gasteiger partial charge in [0.2, 0.25) is 0 Å². The van der Waals surface area contributed by atoms with Crippen LogP contribution in [0.3, 0.4) is 0 Å². The molecule has 1 aliphatic rings. The molecule has 2 rings (SSSR count). The molecule has 1 aromatic carbocycles. The van der Waals surface area contributed by atoms with Gasteiger partial charge in [0.15, 0.2) is 0 Å². The Hall–Kier alpha value is -1.26. The third kappa shape index (κ3) is 4.11. The summed E-state index contributed by atoms with van der Waals surface area (Å²) in [5, 5.41) is 3.32. The van der Waals surface area contributed by atoms with Crippen LogP contribution < -0.4 is 5.32 Å². The molecule has 1 saturated carbocycles. The van der Waals surface area contributed by atoms with Crippen LogP contribution in [0, 0.1) is 0 Å². The number of rotatable bonds is 2. The van der Waals surface area contributed by atoms with Gasteiger partial charge in [0, 0.05) is 18.1 Å². The summed E-state index contributed by atoms with van der Waals surface area (Å²) in [5.41, 5.74) is 0.386. The zero-order chi connectivity index (χ0) is 15.4. The number of nitrogens with one attached hydrogen (secondary N) is 1. The monoisotopic (exact) mass is 328 g/mol. The standard InChI is InChI=1S/C15H18Cl2N2O2/c1-19(11-5-3-2-4-6-11)15(21)14(20)18-13-8-7-10(16)9-12(13)17/h7-9,11H,2-6H2,1H3,(H,18,20). The molecule has 0 aromatic heterocycles. The topological polar surface area (TPSA) is 49.4 Å². The Labute approximate surface area is 134 Å². The summed E-state index contributed by atoms with van der Waals surface area (Å²) in [6, 6.07) is 4.86. The quantitative estimate of drug-likeness (QED) is 0.841. The average Bonchev–Trinajstić information content (AvgIpc) is 2.49. The van der Waals surface area contributed by atoms with Crippen LogP contribution in [-0.2, 0) is 9.59 Å². The van der Waals surface area contributed by atoms with E-state index >= 15 is 0 Å². The smallest absolute Gasteiger partial charge is 0.313 e. The lowest BCUT2D eigenvalue weighted by atomic mass is 9.94. The molecule has 2 amide bonds. The Morgan fingerprint density at radius 1 is 1.19 bits per heavy atom.